The number of likely N-dealkylation sites (tertiary alicyclic amines) is 1. The van der Waals surface area contributed by atoms with E-state index >= 15 is 0 Å². The summed E-state index contributed by atoms with van der Waals surface area (Å²) in [6, 6.07) is 0.983. The second kappa shape index (κ2) is 7.42. The zero-order valence-electron chi connectivity index (χ0n) is 13.3. The fourth-order valence-electron chi connectivity index (χ4n) is 3.52. The molecular weight excluding hydrogens is 296 g/mol. The fourth-order valence-corrected chi connectivity index (χ4v) is 4.31. The van der Waals surface area contributed by atoms with Crippen LogP contribution in [0.4, 0.5) is 9.93 Å². The van der Waals surface area contributed by atoms with E-state index in [0.717, 1.165) is 44.1 Å². The van der Waals surface area contributed by atoms with E-state index < -0.39 is 0 Å². The van der Waals surface area contributed by atoms with E-state index in [1.54, 1.807) is 0 Å². The third-order valence-electron chi connectivity index (χ3n) is 4.84. The Morgan fingerprint density at radius 2 is 2.05 bits per heavy atom. The zero-order chi connectivity index (χ0) is 15.4. The summed E-state index contributed by atoms with van der Waals surface area (Å²) < 4.78 is 0. The molecule has 6 heteroatoms. The number of nitrogens with one attached hydrogen (secondary N) is 2. The number of aromatic nitrogens is 1. The first-order valence-corrected chi connectivity index (χ1v) is 9.38. The second-order valence-electron chi connectivity index (χ2n) is 6.34. The highest BCUT2D eigenvalue weighted by atomic mass is 32.1. The van der Waals surface area contributed by atoms with Crippen molar-refractivity contribution in [3.63, 3.8) is 0 Å². The molecule has 1 aliphatic carbocycles. The van der Waals surface area contributed by atoms with E-state index in [0.29, 0.717) is 11.2 Å². The minimum Gasteiger partial charge on any atom is -0.335 e. The summed E-state index contributed by atoms with van der Waals surface area (Å²) in [5.74, 6) is 0. The number of carbonyl (C=O) groups is 1. The molecule has 122 valence electrons. The first kappa shape index (κ1) is 15.7. The lowest BCUT2D eigenvalue weighted by molar-refractivity contribution is 0.147. The average Bonchev–Trinajstić information content (AvgIpc) is 3.19. The van der Waals surface area contributed by atoms with E-state index in [-0.39, 0.29) is 6.03 Å². The second-order valence-corrected chi connectivity index (χ2v) is 7.20. The van der Waals surface area contributed by atoms with Gasteiger partial charge in [-0.05, 0) is 32.1 Å². The maximum Gasteiger partial charge on any atom is 0.321 e. The molecule has 2 aliphatic rings. The third kappa shape index (κ3) is 3.98. The first-order valence-electron chi connectivity index (χ1n) is 8.50. The molecule has 0 bridgehead atoms. The van der Waals surface area contributed by atoms with Gasteiger partial charge < -0.3 is 10.2 Å². The van der Waals surface area contributed by atoms with Gasteiger partial charge in [-0.2, -0.15) is 0 Å². The molecule has 1 aromatic rings. The lowest BCUT2D eigenvalue weighted by Gasteiger charge is -2.36. The van der Waals surface area contributed by atoms with E-state index in [1.807, 2.05) is 5.38 Å². The molecule has 2 fully saturated rings. The van der Waals surface area contributed by atoms with Crippen LogP contribution in [0.15, 0.2) is 5.38 Å². The molecule has 1 saturated heterocycles. The topological polar surface area (TPSA) is 57.3 Å². The van der Waals surface area contributed by atoms with Gasteiger partial charge in [0, 0.05) is 30.6 Å². The molecule has 0 radical (unpaired) electrons. The van der Waals surface area contributed by atoms with Crippen molar-refractivity contribution in [2.45, 2.75) is 64.0 Å². The summed E-state index contributed by atoms with van der Waals surface area (Å²) >= 11 is 1.49. The maximum atomic E-state index is 12.0. The summed E-state index contributed by atoms with van der Waals surface area (Å²) in [5.41, 5.74) is 1.03. The molecule has 2 N–H and O–H groups in total. The molecule has 1 aromatic heterocycles. The maximum absolute atomic E-state index is 12.0. The number of carbonyl (C=O) groups excluding carboxylic acids is 1. The minimum absolute atomic E-state index is 0.115. The number of aryl methyl sites for hydroxylation is 1. The van der Waals surface area contributed by atoms with Crippen molar-refractivity contribution in [3.8, 4) is 0 Å². The molecule has 1 aliphatic heterocycles. The van der Waals surface area contributed by atoms with Gasteiger partial charge in [-0.15, -0.1) is 11.3 Å². The zero-order valence-corrected chi connectivity index (χ0v) is 14.1. The normalized spacial score (nSPS) is 21.1. The number of nitrogens with zero attached hydrogens (tertiary/aromatic N) is 2. The van der Waals surface area contributed by atoms with Crippen molar-refractivity contribution in [2.24, 2.45) is 0 Å². The number of hydrogen-bond donors (Lipinski definition) is 2. The smallest absolute Gasteiger partial charge is 0.321 e. The van der Waals surface area contributed by atoms with Crippen LogP contribution in [0.5, 0.6) is 0 Å². The van der Waals surface area contributed by atoms with E-state index in [2.05, 4.69) is 27.4 Å². The Bertz CT molecular complexity index is 490. The highest BCUT2D eigenvalue weighted by Crippen LogP contribution is 2.26. The molecule has 0 unspecified atom stereocenters. The van der Waals surface area contributed by atoms with Gasteiger partial charge in [0.25, 0.3) is 0 Å². The summed E-state index contributed by atoms with van der Waals surface area (Å²) in [6.45, 7) is 4.30. The Labute approximate surface area is 136 Å². The van der Waals surface area contributed by atoms with Gasteiger partial charge in [-0.3, -0.25) is 5.32 Å². The lowest BCUT2D eigenvalue weighted by atomic mass is 10.0. The number of hydrogen-bond acceptors (Lipinski definition) is 4. The predicted octanol–water partition coefficient (Wildman–Crippen LogP) is 3.23. The van der Waals surface area contributed by atoms with Crippen LogP contribution in [0.3, 0.4) is 0 Å². The Morgan fingerprint density at radius 3 is 2.68 bits per heavy atom. The molecule has 2 amide bonds. The van der Waals surface area contributed by atoms with E-state index in [4.69, 9.17) is 0 Å². The molecule has 0 spiro atoms. The molecule has 3 rings (SSSR count). The van der Waals surface area contributed by atoms with Gasteiger partial charge >= 0.3 is 6.03 Å². The van der Waals surface area contributed by atoms with E-state index in [9.17, 15) is 4.79 Å². The summed E-state index contributed by atoms with van der Waals surface area (Å²) in [5, 5.41) is 8.64. The van der Waals surface area contributed by atoms with Gasteiger partial charge in [0.15, 0.2) is 5.13 Å². The Kier molecular flexibility index (Phi) is 5.31. The van der Waals surface area contributed by atoms with Crippen molar-refractivity contribution < 1.29 is 4.79 Å². The lowest BCUT2D eigenvalue weighted by Crippen LogP contribution is -2.48. The van der Waals surface area contributed by atoms with Gasteiger partial charge in [-0.25, -0.2) is 9.78 Å². The fraction of sp³-hybridized carbons (Fsp3) is 0.750. The SMILES string of the molecule is CCc1csc(NC(=O)NC2CCN(C3CCCC3)CC2)n1. The van der Waals surface area contributed by atoms with Crippen LogP contribution in [-0.2, 0) is 6.42 Å². The number of urea groups is 1. The van der Waals surface area contributed by atoms with Crippen molar-refractivity contribution in [1.82, 2.24) is 15.2 Å². The monoisotopic (exact) mass is 322 g/mol. The predicted molar refractivity (Wildman–Crippen MR) is 90.5 cm³/mol. The number of thiazole rings is 1. The third-order valence-corrected chi connectivity index (χ3v) is 5.65. The van der Waals surface area contributed by atoms with Gasteiger partial charge in [0.05, 0.1) is 5.69 Å². The van der Waals surface area contributed by atoms with Crippen LogP contribution in [-0.4, -0.2) is 41.1 Å². The highest BCUT2D eigenvalue weighted by molar-refractivity contribution is 7.13. The van der Waals surface area contributed by atoms with Crippen molar-refractivity contribution in [1.29, 1.82) is 0 Å². The molecule has 22 heavy (non-hydrogen) atoms. The molecule has 0 aromatic carbocycles. The number of piperidine rings is 1. The summed E-state index contributed by atoms with van der Waals surface area (Å²) in [7, 11) is 0. The van der Waals surface area contributed by atoms with Crippen LogP contribution in [0, 0.1) is 0 Å². The Hall–Kier alpha value is -1.14. The first-order chi connectivity index (χ1) is 10.7. The van der Waals surface area contributed by atoms with Crippen LogP contribution >= 0.6 is 11.3 Å². The number of anilines is 1. The minimum atomic E-state index is -0.115. The van der Waals surface area contributed by atoms with Gasteiger partial charge in [0.2, 0.25) is 0 Å². The quantitative estimate of drug-likeness (QED) is 0.895. The molecule has 5 nitrogen and oxygen atoms in total. The summed E-state index contributed by atoms with van der Waals surface area (Å²) in [4.78, 5) is 19.0. The van der Waals surface area contributed by atoms with Gasteiger partial charge in [0.1, 0.15) is 0 Å². The standard InChI is InChI=1S/C16H26N4OS/c1-2-12-11-22-16(18-12)19-15(21)17-13-7-9-20(10-8-13)14-5-3-4-6-14/h11,13-14H,2-10H2,1H3,(H2,17,18,19,21). The van der Waals surface area contributed by atoms with Crippen LogP contribution in [0.1, 0.15) is 51.1 Å². The molecule has 2 heterocycles. The average molecular weight is 322 g/mol. The largest absolute Gasteiger partial charge is 0.335 e. The summed E-state index contributed by atoms with van der Waals surface area (Å²) in [6.07, 6.45) is 8.52. The highest BCUT2D eigenvalue weighted by Gasteiger charge is 2.27. The van der Waals surface area contributed by atoms with Crippen molar-refractivity contribution in [3.05, 3.63) is 11.1 Å². The van der Waals surface area contributed by atoms with Crippen LogP contribution < -0.4 is 10.6 Å². The van der Waals surface area contributed by atoms with Crippen LogP contribution in [0.25, 0.3) is 0 Å². The van der Waals surface area contributed by atoms with Crippen molar-refractivity contribution >= 4 is 22.5 Å². The molecule has 0 atom stereocenters. The molecule has 1 saturated carbocycles. The van der Waals surface area contributed by atoms with Crippen LogP contribution in [0.2, 0.25) is 0 Å². The van der Waals surface area contributed by atoms with E-state index in [1.165, 1.54) is 37.0 Å². The number of amides is 2. The number of rotatable bonds is 4. The Balaban J connectivity index is 1.41. The van der Waals surface area contributed by atoms with Crippen molar-refractivity contribution in [2.75, 3.05) is 18.4 Å². The molecular formula is C16H26N4OS. The van der Waals surface area contributed by atoms with Gasteiger partial charge in [-0.1, -0.05) is 19.8 Å². The Morgan fingerprint density at radius 1 is 1.32 bits per heavy atom.